The Morgan fingerprint density at radius 2 is 2.00 bits per heavy atom. The molecule has 5 heavy (non-hydrogen) atoms. The molecular formula is CHCuFeKN. The van der Waals surface area contributed by atoms with Gasteiger partial charge in [-0.2, -0.15) is 0 Å². The third kappa shape index (κ3) is 10.7. The van der Waals surface area contributed by atoms with Crippen molar-refractivity contribution in [3.63, 3.8) is 0 Å². The molecule has 0 atom stereocenters. The standard InChI is InChI=1S/CN.Cu.Fe.K.H/c1-2;;;;. The third-order valence-electron chi connectivity index (χ3n) is 0.0238. The van der Waals surface area contributed by atoms with Crippen molar-refractivity contribution in [1.29, 1.82) is 5.26 Å². The van der Waals surface area contributed by atoms with Gasteiger partial charge >= 0.3 is 88.9 Å². The van der Waals surface area contributed by atoms with E-state index in [0.29, 0.717) is 0 Å². The van der Waals surface area contributed by atoms with Crippen molar-refractivity contribution < 1.29 is 27.3 Å². The van der Waals surface area contributed by atoms with Gasteiger partial charge in [0.2, 0.25) is 0 Å². The van der Waals surface area contributed by atoms with Gasteiger partial charge in [-0.25, -0.2) is 0 Å². The van der Waals surface area contributed by atoms with Crippen LogP contribution in [0.3, 0.4) is 0 Å². The number of rotatable bonds is 0. The monoisotopic (exact) mass is 185 g/mol. The van der Waals surface area contributed by atoms with Crippen LogP contribution in [0.5, 0.6) is 0 Å². The SMILES string of the molecule is N#[C][Fe][Cu].[KH]. The zero-order valence-electron chi connectivity index (χ0n) is 1.60. The Bertz CT molecular complexity index is 41.4. The van der Waals surface area contributed by atoms with Crippen LogP contribution in [0.25, 0.3) is 0 Å². The molecule has 0 aliphatic carbocycles. The molecule has 0 aromatic heterocycles. The summed E-state index contributed by atoms with van der Waals surface area (Å²) in [7, 11) is 0. The van der Waals surface area contributed by atoms with Crippen LogP contribution in [0.15, 0.2) is 0 Å². The van der Waals surface area contributed by atoms with E-state index in [-0.39, 0.29) is 64.5 Å². The van der Waals surface area contributed by atoms with Crippen LogP contribution in [0.1, 0.15) is 0 Å². The number of hydrogen-bond acceptors (Lipinski definition) is 1. The molecule has 0 saturated carbocycles. The number of nitriles is 1. The van der Waals surface area contributed by atoms with Crippen molar-refractivity contribution in [2.45, 2.75) is 0 Å². The van der Waals surface area contributed by atoms with Gasteiger partial charge in [-0.05, 0) is 0 Å². The minimum atomic E-state index is 0. The predicted octanol–water partition coefficient (Wildman–Crippen LogP) is -0.637. The van der Waals surface area contributed by atoms with Gasteiger partial charge in [0, 0.05) is 0 Å². The molecule has 0 aliphatic rings. The molecule has 0 N–H and O–H groups in total. The molecule has 0 heterocycles. The Morgan fingerprint density at radius 3 is 2.00 bits per heavy atom. The van der Waals surface area contributed by atoms with Crippen molar-refractivity contribution in [1.82, 2.24) is 0 Å². The Kier molecular flexibility index (Phi) is 19.4. The molecule has 0 unspecified atom stereocenters. The number of hydrogen-bond donors (Lipinski definition) is 0. The van der Waals surface area contributed by atoms with E-state index in [9.17, 15) is 0 Å². The first-order valence-corrected chi connectivity index (χ1v) is 2.76. The molecule has 1 nitrogen and oxygen atoms in total. The Morgan fingerprint density at radius 1 is 1.80 bits per heavy atom. The van der Waals surface area contributed by atoms with E-state index in [4.69, 9.17) is 5.26 Å². The van der Waals surface area contributed by atoms with Crippen LogP contribution in [0, 0.1) is 10.2 Å². The molecule has 0 bridgehead atoms. The zero-order valence-corrected chi connectivity index (χ0v) is 3.65. The van der Waals surface area contributed by atoms with Gasteiger partial charge in [-0.1, -0.05) is 0 Å². The van der Waals surface area contributed by atoms with Crippen LogP contribution in [-0.2, 0) is 27.3 Å². The molecule has 0 aliphatic heterocycles. The van der Waals surface area contributed by atoms with Gasteiger partial charge in [-0.3, -0.25) is 0 Å². The van der Waals surface area contributed by atoms with Crippen molar-refractivity contribution in [3.8, 4) is 4.97 Å². The van der Waals surface area contributed by atoms with Gasteiger partial charge in [0.1, 0.15) is 0 Å². The summed E-state index contributed by atoms with van der Waals surface area (Å²) in [6, 6.07) is 0. The molecule has 0 rings (SSSR count). The van der Waals surface area contributed by atoms with Crippen LogP contribution in [-0.4, -0.2) is 51.4 Å². The van der Waals surface area contributed by atoms with E-state index >= 15 is 0 Å². The summed E-state index contributed by atoms with van der Waals surface area (Å²) in [5.41, 5.74) is 0. The van der Waals surface area contributed by atoms with Gasteiger partial charge in [0.05, 0.1) is 0 Å². The first-order chi connectivity index (χ1) is 1.91. The Balaban J connectivity index is 0. The van der Waals surface area contributed by atoms with E-state index in [2.05, 4.69) is 14.2 Å². The molecule has 0 spiro atoms. The summed E-state index contributed by atoms with van der Waals surface area (Å²) >= 11 is 4.50. The van der Waals surface area contributed by atoms with E-state index in [1.807, 2.05) is 0 Å². The second-order valence-corrected chi connectivity index (χ2v) is 1.23. The summed E-state index contributed by atoms with van der Waals surface area (Å²) in [4.78, 5) is 1.74. The Labute approximate surface area is 86.8 Å². The third-order valence-corrected chi connectivity index (χ3v) is 0.405. The topological polar surface area (TPSA) is 23.8 Å². The van der Waals surface area contributed by atoms with Crippen LogP contribution < -0.4 is 0 Å². The maximum absolute atomic E-state index is 7.52. The molecule has 0 fully saturated rings. The van der Waals surface area contributed by atoms with Gasteiger partial charge in [-0.15, -0.1) is 0 Å². The number of nitrogens with zero attached hydrogens (tertiary/aromatic N) is 1. The fourth-order valence-corrected chi connectivity index (χ4v) is 0. The summed E-state index contributed by atoms with van der Waals surface area (Å²) < 4.78 is 0. The first kappa shape index (κ1) is 10.2. The predicted molar refractivity (Wildman–Crippen MR) is 12.8 cm³/mol. The second-order valence-electron chi connectivity index (χ2n) is 0.132. The fourth-order valence-electron chi connectivity index (χ4n) is 0. The molecule has 4 heteroatoms. The van der Waals surface area contributed by atoms with Crippen molar-refractivity contribution in [3.05, 3.63) is 0 Å². The first-order valence-electron chi connectivity index (χ1n) is 0.507. The second kappa shape index (κ2) is 9.48. The van der Waals surface area contributed by atoms with Gasteiger partial charge in [0.25, 0.3) is 0 Å². The fraction of sp³-hybridized carbons (Fsp3) is 0. The van der Waals surface area contributed by atoms with E-state index in [1.54, 1.807) is 4.97 Å². The summed E-state index contributed by atoms with van der Waals surface area (Å²) in [5, 5.41) is 7.52. The van der Waals surface area contributed by atoms with Crippen LogP contribution in [0.4, 0.5) is 0 Å². The molecule has 0 aromatic rings. The zero-order chi connectivity index (χ0) is 3.41. The molecule has 0 radical (unpaired) electrons. The quantitative estimate of drug-likeness (QED) is 0.461. The van der Waals surface area contributed by atoms with E-state index < -0.39 is 0 Å². The molecule has 30 valence electrons. The van der Waals surface area contributed by atoms with Gasteiger partial charge < -0.3 is 0 Å². The van der Waals surface area contributed by atoms with E-state index in [0.717, 1.165) is 0 Å². The molecule has 0 aromatic carbocycles. The van der Waals surface area contributed by atoms with Gasteiger partial charge in [0.15, 0.2) is 0 Å². The van der Waals surface area contributed by atoms with Crippen LogP contribution in [0.2, 0.25) is 0 Å². The maximum atomic E-state index is 7.52. The van der Waals surface area contributed by atoms with E-state index in [1.165, 1.54) is 0 Å². The average Bonchev–Trinajstić information content (AvgIpc) is 1.37. The summed E-state index contributed by atoms with van der Waals surface area (Å²) in [5.74, 6) is 0. The molecule has 0 saturated heterocycles. The molecular weight excluding hydrogens is 185 g/mol. The van der Waals surface area contributed by atoms with Crippen LogP contribution >= 0.6 is 0 Å². The summed E-state index contributed by atoms with van der Waals surface area (Å²) in [6.45, 7) is 0. The Hall–Kier alpha value is 2.17. The normalized spacial score (nSPS) is 5.00. The molecule has 0 amide bonds. The van der Waals surface area contributed by atoms with Crippen molar-refractivity contribution in [2.75, 3.05) is 0 Å². The summed E-state index contributed by atoms with van der Waals surface area (Å²) in [6.07, 6.45) is 0. The average molecular weight is 186 g/mol. The van der Waals surface area contributed by atoms with Crippen molar-refractivity contribution >= 4 is 51.4 Å². The van der Waals surface area contributed by atoms with Crippen molar-refractivity contribution in [2.24, 2.45) is 0 Å². The minimum absolute atomic E-state index is 0.